The molecule has 5 heteroatoms. The van der Waals surface area contributed by atoms with Gasteiger partial charge in [0.05, 0.1) is 22.9 Å². The van der Waals surface area contributed by atoms with Gasteiger partial charge in [-0.15, -0.1) is 0 Å². The Hall–Kier alpha value is -2.32. The maximum Gasteiger partial charge on any atom is 0.257 e. The van der Waals surface area contributed by atoms with Crippen molar-refractivity contribution in [2.75, 3.05) is 11.1 Å². The van der Waals surface area contributed by atoms with Gasteiger partial charge in [-0.25, -0.2) is 0 Å². The predicted octanol–water partition coefficient (Wildman–Crippen LogP) is 3.46. The average Bonchev–Trinajstić information content (AvgIpc) is 2.40. The van der Waals surface area contributed by atoms with Crippen molar-refractivity contribution in [1.82, 2.24) is 0 Å². The molecule has 0 bridgehead atoms. The zero-order valence-corrected chi connectivity index (χ0v) is 12.4. The minimum atomic E-state index is -0.284. The van der Waals surface area contributed by atoms with Crippen LogP contribution in [0.2, 0.25) is 0 Å². The van der Waals surface area contributed by atoms with E-state index in [2.05, 4.69) is 21.2 Å². The number of nitrogens with one attached hydrogen (secondary N) is 1. The van der Waals surface area contributed by atoms with Crippen LogP contribution in [-0.4, -0.2) is 5.91 Å². The first kappa shape index (κ1) is 14.1. The number of rotatable bonds is 2. The second-order valence-corrected chi connectivity index (χ2v) is 5.21. The Labute approximate surface area is 125 Å². The molecule has 0 aromatic heterocycles. The number of hydrogen-bond acceptors (Lipinski definition) is 3. The zero-order chi connectivity index (χ0) is 14.7. The number of nitrogen functional groups attached to an aromatic ring is 1. The topological polar surface area (TPSA) is 78.9 Å². The number of anilines is 2. The zero-order valence-electron chi connectivity index (χ0n) is 10.8. The van der Waals surface area contributed by atoms with Crippen molar-refractivity contribution in [3.63, 3.8) is 0 Å². The maximum absolute atomic E-state index is 12.2. The molecule has 0 aliphatic rings. The SMILES string of the molecule is Cc1ccc(C(=O)Nc2ccc(C#N)cc2Br)c(N)c1. The van der Waals surface area contributed by atoms with Gasteiger partial charge >= 0.3 is 0 Å². The van der Waals surface area contributed by atoms with Crippen LogP contribution in [0, 0.1) is 18.3 Å². The quantitative estimate of drug-likeness (QED) is 0.828. The van der Waals surface area contributed by atoms with Crippen molar-refractivity contribution in [2.24, 2.45) is 0 Å². The Morgan fingerprint density at radius 2 is 2.05 bits per heavy atom. The molecule has 20 heavy (non-hydrogen) atoms. The molecule has 100 valence electrons. The third-order valence-corrected chi connectivity index (χ3v) is 3.45. The van der Waals surface area contributed by atoms with Gasteiger partial charge in [-0.3, -0.25) is 4.79 Å². The molecule has 0 radical (unpaired) electrons. The number of nitrogens with zero attached hydrogens (tertiary/aromatic N) is 1. The minimum absolute atomic E-state index is 0.284. The lowest BCUT2D eigenvalue weighted by molar-refractivity contribution is 0.102. The van der Waals surface area contributed by atoms with E-state index < -0.39 is 0 Å². The molecule has 0 aliphatic carbocycles. The molecule has 4 nitrogen and oxygen atoms in total. The van der Waals surface area contributed by atoms with Crippen molar-refractivity contribution in [2.45, 2.75) is 6.92 Å². The van der Waals surface area contributed by atoms with Crippen LogP contribution in [0.4, 0.5) is 11.4 Å². The van der Waals surface area contributed by atoms with Crippen LogP contribution in [0.5, 0.6) is 0 Å². The Bertz CT molecular complexity index is 720. The van der Waals surface area contributed by atoms with E-state index >= 15 is 0 Å². The van der Waals surface area contributed by atoms with Crippen molar-refractivity contribution < 1.29 is 4.79 Å². The number of hydrogen-bond donors (Lipinski definition) is 2. The fourth-order valence-corrected chi connectivity index (χ4v) is 2.24. The largest absolute Gasteiger partial charge is 0.398 e. The van der Waals surface area contributed by atoms with Gasteiger partial charge in [-0.2, -0.15) is 5.26 Å². The van der Waals surface area contributed by atoms with Crippen molar-refractivity contribution in [3.8, 4) is 6.07 Å². The van der Waals surface area contributed by atoms with Gasteiger partial charge in [0.25, 0.3) is 5.91 Å². The first-order chi connectivity index (χ1) is 9.51. The highest BCUT2D eigenvalue weighted by Gasteiger charge is 2.11. The molecule has 0 aliphatic heterocycles. The Balaban J connectivity index is 2.26. The molecular weight excluding hydrogens is 318 g/mol. The van der Waals surface area contributed by atoms with E-state index in [4.69, 9.17) is 11.0 Å². The highest BCUT2D eigenvalue weighted by Crippen LogP contribution is 2.25. The summed E-state index contributed by atoms with van der Waals surface area (Å²) in [5.74, 6) is -0.284. The summed E-state index contributed by atoms with van der Waals surface area (Å²) < 4.78 is 0.649. The third-order valence-electron chi connectivity index (χ3n) is 2.80. The maximum atomic E-state index is 12.2. The summed E-state index contributed by atoms with van der Waals surface area (Å²) in [6, 6.07) is 12.3. The smallest absolute Gasteiger partial charge is 0.257 e. The van der Waals surface area contributed by atoms with Crippen molar-refractivity contribution >= 4 is 33.2 Å². The van der Waals surface area contributed by atoms with Gasteiger partial charge in [0.15, 0.2) is 0 Å². The Kier molecular flexibility index (Phi) is 4.06. The van der Waals surface area contributed by atoms with Crippen LogP contribution in [0.3, 0.4) is 0 Å². The number of nitriles is 1. The number of aryl methyl sites for hydroxylation is 1. The van der Waals surface area contributed by atoms with Crippen molar-refractivity contribution in [1.29, 1.82) is 5.26 Å². The highest BCUT2D eigenvalue weighted by atomic mass is 79.9. The molecule has 0 unspecified atom stereocenters. The van der Waals surface area contributed by atoms with Gasteiger partial charge in [-0.05, 0) is 58.7 Å². The molecule has 1 amide bonds. The summed E-state index contributed by atoms with van der Waals surface area (Å²) in [4.78, 5) is 12.2. The summed E-state index contributed by atoms with van der Waals surface area (Å²) >= 11 is 3.32. The van der Waals surface area contributed by atoms with Gasteiger partial charge in [0.2, 0.25) is 0 Å². The van der Waals surface area contributed by atoms with E-state index in [-0.39, 0.29) is 5.91 Å². The van der Waals surface area contributed by atoms with Crippen LogP contribution in [-0.2, 0) is 0 Å². The molecule has 0 saturated heterocycles. The van der Waals surface area contributed by atoms with Gasteiger partial charge in [0, 0.05) is 10.2 Å². The van der Waals surface area contributed by atoms with Crippen LogP contribution in [0.25, 0.3) is 0 Å². The fraction of sp³-hybridized carbons (Fsp3) is 0.0667. The summed E-state index contributed by atoms with van der Waals surface area (Å²) in [6.07, 6.45) is 0. The van der Waals surface area contributed by atoms with E-state index in [0.29, 0.717) is 27.0 Å². The number of amides is 1. The summed E-state index contributed by atoms with van der Waals surface area (Å²) in [5.41, 5.74) is 8.81. The number of carbonyl (C=O) groups is 1. The third kappa shape index (κ3) is 2.98. The second-order valence-electron chi connectivity index (χ2n) is 4.35. The number of benzene rings is 2. The fourth-order valence-electron chi connectivity index (χ4n) is 1.76. The molecule has 0 heterocycles. The minimum Gasteiger partial charge on any atom is -0.398 e. The predicted molar refractivity (Wildman–Crippen MR) is 82.4 cm³/mol. The van der Waals surface area contributed by atoms with E-state index in [1.807, 2.05) is 19.1 Å². The van der Waals surface area contributed by atoms with Crippen LogP contribution in [0.1, 0.15) is 21.5 Å². The molecule has 0 atom stereocenters. The molecule has 2 aromatic rings. The number of halogens is 1. The molecule has 2 aromatic carbocycles. The van der Waals surface area contributed by atoms with Crippen molar-refractivity contribution in [3.05, 3.63) is 57.6 Å². The first-order valence-corrected chi connectivity index (χ1v) is 6.67. The average molecular weight is 330 g/mol. The lowest BCUT2D eigenvalue weighted by Crippen LogP contribution is -2.14. The van der Waals surface area contributed by atoms with E-state index in [1.165, 1.54) is 0 Å². The molecule has 0 fully saturated rings. The monoisotopic (exact) mass is 329 g/mol. The molecule has 0 saturated carbocycles. The number of carbonyl (C=O) groups excluding carboxylic acids is 1. The normalized spacial score (nSPS) is 9.85. The van der Waals surface area contributed by atoms with Crippen LogP contribution < -0.4 is 11.1 Å². The van der Waals surface area contributed by atoms with Crippen LogP contribution >= 0.6 is 15.9 Å². The summed E-state index contributed by atoms with van der Waals surface area (Å²) in [6.45, 7) is 1.91. The lowest BCUT2D eigenvalue weighted by atomic mass is 10.1. The molecular formula is C15H12BrN3O. The lowest BCUT2D eigenvalue weighted by Gasteiger charge is -2.10. The van der Waals surface area contributed by atoms with E-state index in [9.17, 15) is 4.79 Å². The first-order valence-electron chi connectivity index (χ1n) is 5.88. The standard InChI is InChI=1S/C15H12BrN3O/c1-9-2-4-11(13(18)6-9)15(20)19-14-5-3-10(8-17)7-12(14)16/h2-7H,18H2,1H3,(H,19,20). The number of nitrogens with two attached hydrogens (primary N) is 1. The van der Waals surface area contributed by atoms with Crippen LogP contribution in [0.15, 0.2) is 40.9 Å². The summed E-state index contributed by atoms with van der Waals surface area (Å²) in [5, 5.41) is 11.6. The Morgan fingerprint density at radius 3 is 2.65 bits per heavy atom. The molecule has 2 rings (SSSR count). The van der Waals surface area contributed by atoms with E-state index in [1.54, 1.807) is 30.3 Å². The highest BCUT2D eigenvalue weighted by molar-refractivity contribution is 9.10. The van der Waals surface area contributed by atoms with E-state index in [0.717, 1.165) is 5.56 Å². The van der Waals surface area contributed by atoms with Gasteiger partial charge in [-0.1, -0.05) is 6.07 Å². The van der Waals surface area contributed by atoms with Gasteiger partial charge < -0.3 is 11.1 Å². The second kappa shape index (κ2) is 5.76. The molecule has 3 N–H and O–H groups in total. The summed E-state index contributed by atoms with van der Waals surface area (Å²) in [7, 11) is 0. The van der Waals surface area contributed by atoms with Gasteiger partial charge in [0.1, 0.15) is 0 Å². The molecule has 0 spiro atoms. The Morgan fingerprint density at radius 1 is 1.30 bits per heavy atom.